The Labute approximate surface area is 344 Å². The molecule has 0 saturated carbocycles. The van der Waals surface area contributed by atoms with Crippen LogP contribution in [0.3, 0.4) is 0 Å². The van der Waals surface area contributed by atoms with E-state index >= 15 is 0 Å². The van der Waals surface area contributed by atoms with Crippen LogP contribution in [0, 0.1) is 34.6 Å². The zero-order valence-electron chi connectivity index (χ0n) is 32.9. The topological polar surface area (TPSA) is 6.48 Å². The van der Waals surface area contributed by atoms with E-state index in [1.54, 1.807) is 0 Å². The fraction of sp³-hybridized carbons (Fsp3) is 0.111. The zero-order valence-corrected chi connectivity index (χ0v) is 34.5. The molecule has 1 spiro atoms. The molecule has 2 nitrogen and oxygen atoms in total. The second-order valence-corrected chi connectivity index (χ2v) is 16.9. The van der Waals surface area contributed by atoms with Crippen molar-refractivity contribution in [1.29, 1.82) is 0 Å². The molecule has 276 valence electrons. The standard InChI is InChI=1S/C54H43BrN2/c1-34-6-16-40(17-7-34)56(41-18-8-35(2)9-19-41)44-24-28-48-49-29-25-45(57(42-20-10-36(3)11-21-42)43-22-12-37(4)13-23-43)33-53(49)54(52(48)32-44)50-30-38(5)14-26-46(50)47-27-15-39(55)31-51(47)54/h6-33H,1-5H3. The zero-order chi connectivity index (χ0) is 39.0. The van der Waals surface area contributed by atoms with E-state index in [9.17, 15) is 0 Å². The van der Waals surface area contributed by atoms with Crippen LogP contribution in [0.4, 0.5) is 34.1 Å². The molecule has 0 fully saturated rings. The molecule has 0 aromatic heterocycles. The molecule has 0 unspecified atom stereocenters. The van der Waals surface area contributed by atoms with Gasteiger partial charge < -0.3 is 9.80 Å². The highest BCUT2D eigenvalue weighted by atomic mass is 79.9. The van der Waals surface area contributed by atoms with E-state index in [0.29, 0.717) is 0 Å². The van der Waals surface area contributed by atoms with Crippen molar-refractivity contribution in [2.24, 2.45) is 0 Å². The molecule has 0 bridgehead atoms. The minimum atomic E-state index is -0.560. The number of halogens is 1. The highest BCUT2D eigenvalue weighted by Gasteiger charge is 2.52. The summed E-state index contributed by atoms with van der Waals surface area (Å²) in [5, 5.41) is 0. The Morgan fingerprint density at radius 2 is 0.579 bits per heavy atom. The van der Waals surface area contributed by atoms with Gasteiger partial charge in [0, 0.05) is 38.6 Å². The maximum Gasteiger partial charge on any atom is 0.0727 e. The number of hydrogen-bond acceptors (Lipinski definition) is 2. The summed E-state index contributed by atoms with van der Waals surface area (Å²) in [6, 6.07) is 63.8. The molecule has 2 aliphatic carbocycles. The van der Waals surface area contributed by atoms with Gasteiger partial charge in [-0.15, -0.1) is 0 Å². The van der Waals surface area contributed by atoms with Gasteiger partial charge in [-0.3, -0.25) is 0 Å². The van der Waals surface area contributed by atoms with Crippen LogP contribution in [0.25, 0.3) is 22.3 Å². The van der Waals surface area contributed by atoms with Crippen LogP contribution in [-0.2, 0) is 5.41 Å². The average Bonchev–Trinajstić information content (AvgIpc) is 3.66. The summed E-state index contributed by atoms with van der Waals surface area (Å²) in [4.78, 5) is 4.82. The molecule has 57 heavy (non-hydrogen) atoms. The molecule has 3 heteroatoms. The summed E-state index contributed by atoms with van der Waals surface area (Å²) in [6.07, 6.45) is 0. The van der Waals surface area contributed by atoms with Crippen molar-refractivity contribution in [3.63, 3.8) is 0 Å². The molecule has 0 N–H and O–H groups in total. The number of benzene rings is 8. The number of aryl methyl sites for hydroxylation is 5. The summed E-state index contributed by atoms with van der Waals surface area (Å²) < 4.78 is 1.08. The van der Waals surface area contributed by atoms with Gasteiger partial charge in [-0.1, -0.05) is 129 Å². The predicted octanol–water partition coefficient (Wildman–Crippen LogP) is 15.3. The minimum absolute atomic E-state index is 0.560. The molecule has 10 rings (SSSR count). The normalized spacial score (nSPS) is 12.9. The fourth-order valence-corrected chi connectivity index (χ4v) is 9.60. The molecule has 0 amide bonds. The van der Waals surface area contributed by atoms with E-state index in [0.717, 1.165) is 38.6 Å². The van der Waals surface area contributed by atoms with Gasteiger partial charge in [0.1, 0.15) is 0 Å². The van der Waals surface area contributed by atoms with E-state index in [1.807, 2.05) is 0 Å². The first-order valence-corrected chi connectivity index (χ1v) is 20.6. The summed E-state index contributed by atoms with van der Waals surface area (Å²) in [7, 11) is 0. The molecule has 0 aliphatic heterocycles. The van der Waals surface area contributed by atoms with Gasteiger partial charge in [-0.25, -0.2) is 0 Å². The van der Waals surface area contributed by atoms with E-state index in [2.05, 4.69) is 230 Å². The first-order chi connectivity index (χ1) is 27.7. The van der Waals surface area contributed by atoms with E-state index in [1.165, 1.54) is 72.3 Å². The van der Waals surface area contributed by atoms with Crippen LogP contribution in [0.15, 0.2) is 174 Å². The van der Waals surface area contributed by atoms with Gasteiger partial charge in [-0.2, -0.15) is 0 Å². The van der Waals surface area contributed by atoms with E-state index < -0.39 is 5.41 Å². The van der Waals surface area contributed by atoms with Crippen molar-refractivity contribution in [2.75, 3.05) is 9.80 Å². The van der Waals surface area contributed by atoms with E-state index in [-0.39, 0.29) is 0 Å². The molecule has 0 saturated heterocycles. The SMILES string of the molecule is Cc1ccc(N(c2ccc(C)cc2)c2ccc3c(c2)C2(c4cc(C)ccc4-c4ccc(Br)cc42)c2cc(N(c4ccc(C)cc4)c4ccc(C)cc4)ccc2-3)cc1. The largest absolute Gasteiger partial charge is 0.310 e. The third kappa shape index (κ3) is 5.67. The Balaban J connectivity index is 1.27. The maximum atomic E-state index is 3.94. The molecule has 0 heterocycles. The molecule has 2 aliphatic rings. The molecule has 8 aromatic carbocycles. The molecule has 8 aromatic rings. The third-order valence-corrected chi connectivity index (χ3v) is 12.5. The summed E-state index contributed by atoms with van der Waals surface area (Å²) in [5.41, 5.74) is 22.8. The smallest absolute Gasteiger partial charge is 0.0727 e. The molecule has 0 radical (unpaired) electrons. The fourth-order valence-electron chi connectivity index (χ4n) is 9.24. The highest BCUT2D eigenvalue weighted by molar-refractivity contribution is 9.10. The highest BCUT2D eigenvalue weighted by Crippen LogP contribution is 2.64. The number of anilines is 6. The Hall–Kier alpha value is -6.16. The van der Waals surface area contributed by atoms with Crippen LogP contribution < -0.4 is 9.80 Å². The number of nitrogens with zero attached hydrogens (tertiary/aromatic N) is 2. The van der Waals surface area contributed by atoms with Crippen LogP contribution in [0.2, 0.25) is 0 Å². The van der Waals surface area contributed by atoms with Crippen LogP contribution in [-0.4, -0.2) is 0 Å². The maximum absolute atomic E-state index is 3.94. The average molecular weight is 800 g/mol. The van der Waals surface area contributed by atoms with Crippen molar-refractivity contribution in [3.05, 3.63) is 224 Å². The second kappa shape index (κ2) is 13.5. The Kier molecular flexibility index (Phi) is 8.35. The second-order valence-electron chi connectivity index (χ2n) is 16.0. The number of rotatable bonds is 6. The lowest BCUT2D eigenvalue weighted by Gasteiger charge is -2.33. The van der Waals surface area contributed by atoms with Gasteiger partial charge >= 0.3 is 0 Å². The van der Waals surface area contributed by atoms with Gasteiger partial charge in [0.05, 0.1) is 5.41 Å². The van der Waals surface area contributed by atoms with Gasteiger partial charge in [0.25, 0.3) is 0 Å². The van der Waals surface area contributed by atoms with Crippen molar-refractivity contribution in [3.8, 4) is 22.3 Å². The lowest BCUT2D eigenvalue weighted by Crippen LogP contribution is -2.27. The van der Waals surface area contributed by atoms with Crippen molar-refractivity contribution < 1.29 is 0 Å². The summed E-state index contributed by atoms with van der Waals surface area (Å²) >= 11 is 3.94. The quantitative estimate of drug-likeness (QED) is 0.165. The Bertz CT molecular complexity index is 2540. The third-order valence-electron chi connectivity index (χ3n) is 12.0. The predicted molar refractivity (Wildman–Crippen MR) is 243 cm³/mol. The van der Waals surface area contributed by atoms with E-state index in [4.69, 9.17) is 0 Å². The lowest BCUT2D eigenvalue weighted by atomic mass is 9.70. The van der Waals surface area contributed by atoms with Crippen molar-refractivity contribution in [1.82, 2.24) is 0 Å². The first-order valence-electron chi connectivity index (χ1n) is 19.8. The van der Waals surface area contributed by atoms with Crippen molar-refractivity contribution >= 4 is 50.1 Å². The molecule has 0 atom stereocenters. The van der Waals surface area contributed by atoms with Gasteiger partial charge in [0.2, 0.25) is 0 Å². The van der Waals surface area contributed by atoms with Crippen LogP contribution in [0.5, 0.6) is 0 Å². The number of hydrogen-bond donors (Lipinski definition) is 0. The monoisotopic (exact) mass is 798 g/mol. The Morgan fingerprint density at radius 3 is 0.965 bits per heavy atom. The van der Waals surface area contributed by atoms with Gasteiger partial charge in [-0.05, 0) is 164 Å². The Morgan fingerprint density at radius 1 is 0.298 bits per heavy atom. The first kappa shape index (κ1) is 35.3. The summed E-state index contributed by atoms with van der Waals surface area (Å²) in [5.74, 6) is 0. The molecular formula is C54H43BrN2. The lowest BCUT2D eigenvalue weighted by molar-refractivity contribution is 0.792. The van der Waals surface area contributed by atoms with Crippen LogP contribution >= 0.6 is 15.9 Å². The van der Waals surface area contributed by atoms with Crippen molar-refractivity contribution in [2.45, 2.75) is 40.0 Å². The van der Waals surface area contributed by atoms with Crippen LogP contribution in [0.1, 0.15) is 50.1 Å². The van der Waals surface area contributed by atoms with Gasteiger partial charge in [0.15, 0.2) is 0 Å². The minimum Gasteiger partial charge on any atom is -0.310 e. The number of fused-ring (bicyclic) bond motifs is 10. The summed E-state index contributed by atoms with van der Waals surface area (Å²) in [6.45, 7) is 10.8. The molecular weight excluding hydrogens is 757 g/mol.